The number of hydrogen-bond acceptors (Lipinski definition) is 4. The normalized spacial score (nSPS) is 13.3. The van der Waals surface area contributed by atoms with Crippen molar-refractivity contribution in [3.8, 4) is 0 Å². The van der Waals surface area contributed by atoms with E-state index in [1.54, 1.807) is 0 Å². The summed E-state index contributed by atoms with van der Waals surface area (Å²) in [4.78, 5) is 12.6. The average Bonchev–Trinajstić information content (AvgIpc) is 3.14. The molecule has 0 aliphatic rings. The molecule has 0 aromatic rings. The molecule has 320 valence electrons. The average molecular weight is 782 g/mol. The molecule has 0 aromatic carbocycles. The Labute approximate surface area is 336 Å². The molecule has 0 aliphatic carbocycles. The van der Waals surface area contributed by atoms with Gasteiger partial charge in [0.25, 0.3) is 10.1 Å². The molecule has 0 saturated carbocycles. The van der Waals surface area contributed by atoms with Gasteiger partial charge in [-0.2, -0.15) is 8.42 Å². The van der Waals surface area contributed by atoms with E-state index in [-0.39, 0.29) is 5.91 Å². The van der Waals surface area contributed by atoms with E-state index >= 15 is 0 Å². The van der Waals surface area contributed by atoms with Crippen molar-refractivity contribution < 1.29 is 22.9 Å². The summed E-state index contributed by atoms with van der Waals surface area (Å²) in [6, 6.07) is -1.07. The number of amides is 1. The van der Waals surface area contributed by atoms with Crippen LogP contribution in [0.2, 0.25) is 0 Å². The maximum absolute atomic E-state index is 12.6. The van der Waals surface area contributed by atoms with E-state index in [4.69, 9.17) is 0 Å². The second-order valence-corrected chi connectivity index (χ2v) is 17.9. The SMILES string of the molecule is CCCCCCCCCCCCCCC/C=C/CC/C=C/C(O)C(CS(=O)(=O)O)NC(=O)CCCCCCCCCCCCCCCCCCCCCC. The van der Waals surface area contributed by atoms with Crippen LogP contribution in [0, 0.1) is 0 Å². The topological polar surface area (TPSA) is 104 Å². The smallest absolute Gasteiger partial charge is 0.267 e. The number of allylic oxidation sites excluding steroid dienone is 3. The summed E-state index contributed by atoms with van der Waals surface area (Å²) in [5, 5.41) is 13.3. The van der Waals surface area contributed by atoms with Gasteiger partial charge in [0.1, 0.15) is 0 Å². The van der Waals surface area contributed by atoms with Crippen molar-refractivity contribution >= 4 is 16.0 Å². The highest BCUT2D eigenvalue weighted by Crippen LogP contribution is 2.16. The molecule has 0 bridgehead atoms. The van der Waals surface area contributed by atoms with Crippen molar-refractivity contribution in [1.82, 2.24) is 5.32 Å². The summed E-state index contributed by atoms with van der Waals surface area (Å²) in [6.07, 6.45) is 53.2. The van der Waals surface area contributed by atoms with Gasteiger partial charge in [0.05, 0.1) is 17.9 Å². The summed E-state index contributed by atoms with van der Waals surface area (Å²) in [5.41, 5.74) is 0. The van der Waals surface area contributed by atoms with Crippen LogP contribution in [0.15, 0.2) is 24.3 Å². The van der Waals surface area contributed by atoms with Crippen LogP contribution in [0.3, 0.4) is 0 Å². The lowest BCUT2D eigenvalue weighted by Gasteiger charge is -2.21. The Hall–Kier alpha value is -1.18. The first-order valence-corrected chi connectivity index (χ1v) is 25.1. The van der Waals surface area contributed by atoms with Crippen molar-refractivity contribution in [2.24, 2.45) is 0 Å². The molecule has 6 nitrogen and oxygen atoms in total. The quantitative estimate of drug-likeness (QED) is 0.0325. The van der Waals surface area contributed by atoms with Crippen molar-refractivity contribution in [2.45, 2.75) is 264 Å². The number of aliphatic hydroxyl groups excluding tert-OH is 1. The molecule has 0 aliphatic heterocycles. The van der Waals surface area contributed by atoms with Crippen LogP contribution in [0.1, 0.15) is 251 Å². The maximum Gasteiger partial charge on any atom is 0.267 e. The molecule has 3 N–H and O–H groups in total. The predicted molar refractivity (Wildman–Crippen MR) is 235 cm³/mol. The summed E-state index contributed by atoms with van der Waals surface area (Å²) in [5.74, 6) is -0.989. The van der Waals surface area contributed by atoms with E-state index < -0.39 is 28.0 Å². The lowest BCUT2D eigenvalue weighted by molar-refractivity contribution is -0.122. The molecule has 2 unspecified atom stereocenters. The fraction of sp³-hybridized carbons (Fsp3) is 0.894. The number of unbranched alkanes of at least 4 members (excludes halogenated alkanes) is 33. The minimum absolute atomic E-state index is 0.283. The molecule has 7 heteroatoms. The number of carbonyl (C=O) groups excluding carboxylic acids is 1. The molecule has 2 atom stereocenters. The van der Waals surface area contributed by atoms with Crippen LogP contribution in [0.5, 0.6) is 0 Å². The van der Waals surface area contributed by atoms with Crippen LogP contribution in [0.4, 0.5) is 0 Å². The molecule has 0 spiro atoms. The van der Waals surface area contributed by atoms with Crippen molar-refractivity contribution in [1.29, 1.82) is 0 Å². The highest BCUT2D eigenvalue weighted by molar-refractivity contribution is 7.85. The van der Waals surface area contributed by atoms with Crippen molar-refractivity contribution in [2.75, 3.05) is 5.75 Å². The van der Waals surface area contributed by atoms with Gasteiger partial charge in [0.2, 0.25) is 5.91 Å². The maximum atomic E-state index is 12.6. The standard InChI is InChI=1S/C47H91NO5S/c1-3-5-7-9-11-13-15-17-19-21-23-25-27-29-31-33-35-37-39-41-43-47(50)48-45(44-54(51,52)53)46(49)42-40-38-36-34-32-30-28-26-24-22-20-18-16-14-12-10-8-6-4-2/h32,34,40,42,45-46,49H,3-31,33,35-39,41,43-44H2,1-2H3,(H,48,50)(H,51,52,53)/b34-32+,42-40+. The third kappa shape index (κ3) is 42.0. The molecule has 0 rings (SSSR count). The van der Waals surface area contributed by atoms with Gasteiger partial charge in [-0.1, -0.05) is 237 Å². The number of carbonyl (C=O) groups is 1. The number of hydrogen-bond donors (Lipinski definition) is 3. The molecular formula is C47H91NO5S. The van der Waals surface area contributed by atoms with Gasteiger partial charge in [-0.15, -0.1) is 0 Å². The van der Waals surface area contributed by atoms with Gasteiger partial charge in [0, 0.05) is 6.42 Å². The first kappa shape index (κ1) is 52.8. The van der Waals surface area contributed by atoms with E-state index in [9.17, 15) is 22.9 Å². The Morgan fingerprint density at radius 2 is 0.796 bits per heavy atom. The van der Waals surface area contributed by atoms with Crippen LogP contribution in [-0.4, -0.2) is 41.9 Å². The molecule has 0 heterocycles. The Kier molecular flexibility index (Phi) is 40.5. The Bertz CT molecular complexity index is 950. The lowest BCUT2D eigenvalue weighted by Crippen LogP contribution is -2.46. The highest BCUT2D eigenvalue weighted by atomic mass is 32.2. The number of aliphatic hydroxyl groups is 1. The van der Waals surface area contributed by atoms with E-state index in [2.05, 4.69) is 31.3 Å². The van der Waals surface area contributed by atoms with Gasteiger partial charge < -0.3 is 10.4 Å². The van der Waals surface area contributed by atoms with Crippen molar-refractivity contribution in [3.63, 3.8) is 0 Å². The van der Waals surface area contributed by atoms with Crippen LogP contribution in [-0.2, 0) is 14.9 Å². The molecule has 54 heavy (non-hydrogen) atoms. The molecule has 0 aromatic heterocycles. The Morgan fingerprint density at radius 3 is 1.17 bits per heavy atom. The molecule has 0 radical (unpaired) electrons. The fourth-order valence-corrected chi connectivity index (χ4v) is 8.08. The zero-order valence-corrected chi connectivity index (χ0v) is 36.7. The van der Waals surface area contributed by atoms with Gasteiger partial charge in [-0.25, -0.2) is 0 Å². The number of rotatable bonds is 43. The molecular weight excluding hydrogens is 691 g/mol. The first-order chi connectivity index (χ1) is 26.3. The van der Waals surface area contributed by atoms with Gasteiger partial charge >= 0.3 is 0 Å². The van der Waals surface area contributed by atoms with E-state index in [0.29, 0.717) is 6.42 Å². The lowest BCUT2D eigenvalue weighted by atomic mass is 10.0. The summed E-state index contributed by atoms with van der Waals surface area (Å²) < 4.78 is 32.6. The zero-order valence-electron chi connectivity index (χ0n) is 35.9. The van der Waals surface area contributed by atoms with Crippen LogP contribution < -0.4 is 5.32 Å². The second kappa shape index (κ2) is 41.5. The van der Waals surface area contributed by atoms with E-state index in [0.717, 1.165) is 38.5 Å². The van der Waals surface area contributed by atoms with Gasteiger partial charge in [0.15, 0.2) is 0 Å². The Morgan fingerprint density at radius 1 is 0.481 bits per heavy atom. The minimum atomic E-state index is -4.35. The number of nitrogens with one attached hydrogen (secondary N) is 1. The Balaban J connectivity index is 3.85. The van der Waals surface area contributed by atoms with Crippen molar-refractivity contribution in [3.05, 3.63) is 24.3 Å². The third-order valence-electron chi connectivity index (χ3n) is 10.9. The predicted octanol–water partition coefficient (Wildman–Crippen LogP) is 14.3. The van der Waals surface area contributed by atoms with Crippen LogP contribution in [0.25, 0.3) is 0 Å². The molecule has 0 fully saturated rings. The summed E-state index contributed by atoms with van der Waals surface area (Å²) in [7, 11) is -4.35. The van der Waals surface area contributed by atoms with E-state index in [1.807, 2.05) is 6.08 Å². The van der Waals surface area contributed by atoms with Crippen LogP contribution >= 0.6 is 0 Å². The molecule has 1 amide bonds. The highest BCUT2D eigenvalue weighted by Gasteiger charge is 2.24. The largest absolute Gasteiger partial charge is 0.387 e. The summed E-state index contributed by atoms with van der Waals surface area (Å²) >= 11 is 0. The third-order valence-corrected chi connectivity index (χ3v) is 11.7. The molecule has 0 saturated heterocycles. The fourth-order valence-electron chi connectivity index (χ4n) is 7.35. The zero-order chi connectivity index (χ0) is 39.6. The first-order valence-electron chi connectivity index (χ1n) is 23.5. The van der Waals surface area contributed by atoms with Gasteiger partial charge in [-0.05, 0) is 32.1 Å². The van der Waals surface area contributed by atoms with E-state index in [1.165, 1.54) is 199 Å². The minimum Gasteiger partial charge on any atom is -0.387 e. The monoisotopic (exact) mass is 782 g/mol. The second-order valence-electron chi connectivity index (χ2n) is 16.4. The summed E-state index contributed by atoms with van der Waals surface area (Å²) in [6.45, 7) is 4.55. The van der Waals surface area contributed by atoms with Gasteiger partial charge in [-0.3, -0.25) is 9.35 Å².